The Morgan fingerprint density at radius 3 is 2.73 bits per heavy atom. The lowest BCUT2D eigenvalue weighted by molar-refractivity contribution is 0.200. The highest BCUT2D eigenvalue weighted by Gasteiger charge is 2.28. The van der Waals surface area contributed by atoms with Gasteiger partial charge in [0.15, 0.2) is 0 Å². The van der Waals surface area contributed by atoms with Crippen molar-refractivity contribution < 1.29 is 14.6 Å². The highest BCUT2D eigenvalue weighted by Crippen LogP contribution is 2.36. The zero-order valence-electron chi connectivity index (χ0n) is 13.2. The number of para-hydroxylation sites is 1. The molecule has 0 atom stereocenters. The standard InChI is InChI=1S/C17H26N2O3/c1-17(8-4-5-9-17)13-19-16(21)18-12-14-6-2-3-7-15(14)22-11-10-20/h2-3,6-7,20H,4-5,8-13H2,1H3,(H2,18,19,21). The van der Waals surface area contributed by atoms with Crippen LogP contribution in [0.1, 0.15) is 38.2 Å². The molecule has 2 amide bonds. The Hall–Kier alpha value is -1.75. The van der Waals surface area contributed by atoms with Gasteiger partial charge in [0.2, 0.25) is 0 Å². The van der Waals surface area contributed by atoms with Crippen molar-refractivity contribution in [1.82, 2.24) is 10.6 Å². The molecule has 0 saturated heterocycles. The van der Waals surface area contributed by atoms with Gasteiger partial charge in [-0.15, -0.1) is 0 Å². The summed E-state index contributed by atoms with van der Waals surface area (Å²) in [4.78, 5) is 11.9. The fourth-order valence-electron chi connectivity index (χ4n) is 2.88. The zero-order chi connectivity index (χ0) is 15.8. The molecule has 5 heteroatoms. The number of rotatable bonds is 7. The van der Waals surface area contributed by atoms with Crippen LogP contribution in [-0.2, 0) is 6.54 Å². The smallest absolute Gasteiger partial charge is 0.315 e. The van der Waals surface area contributed by atoms with E-state index in [9.17, 15) is 4.79 Å². The number of urea groups is 1. The van der Waals surface area contributed by atoms with E-state index in [1.165, 1.54) is 25.7 Å². The molecule has 1 fully saturated rings. The molecule has 1 saturated carbocycles. The van der Waals surface area contributed by atoms with E-state index >= 15 is 0 Å². The van der Waals surface area contributed by atoms with Crippen molar-refractivity contribution >= 4 is 6.03 Å². The van der Waals surface area contributed by atoms with E-state index in [0.29, 0.717) is 12.3 Å². The van der Waals surface area contributed by atoms with Gasteiger partial charge in [0.1, 0.15) is 12.4 Å². The summed E-state index contributed by atoms with van der Waals surface area (Å²) >= 11 is 0. The normalized spacial score (nSPS) is 16.3. The molecule has 122 valence electrons. The Bertz CT molecular complexity index is 485. The Morgan fingerprint density at radius 2 is 2.00 bits per heavy atom. The van der Waals surface area contributed by atoms with Crippen LogP contribution in [0.5, 0.6) is 5.75 Å². The van der Waals surface area contributed by atoms with Crippen LogP contribution < -0.4 is 15.4 Å². The van der Waals surface area contributed by atoms with E-state index in [0.717, 1.165) is 12.1 Å². The monoisotopic (exact) mass is 306 g/mol. The molecule has 3 N–H and O–H groups in total. The second kappa shape index (κ2) is 8.03. The Morgan fingerprint density at radius 1 is 1.27 bits per heavy atom. The molecule has 0 unspecified atom stereocenters. The fourth-order valence-corrected chi connectivity index (χ4v) is 2.88. The molecule has 22 heavy (non-hydrogen) atoms. The lowest BCUT2D eigenvalue weighted by Gasteiger charge is -2.23. The van der Waals surface area contributed by atoms with Crippen LogP contribution in [-0.4, -0.2) is 30.9 Å². The Labute approximate surface area is 132 Å². The Kier molecular flexibility index (Phi) is 6.07. The number of amides is 2. The summed E-state index contributed by atoms with van der Waals surface area (Å²) in [6.07, 6.45) is 4.89. The third kappa shape index (κ3) is 4.91. The topological polar surface area (TPSA) is 70.6 Å². The van der Waals surface area contributed by atoms with Gasteiger partial charge in [-0.1, -0.05) is 38.0 Å². The maximum Gasteiger partial charge on any atom is 0.315 e. The van der Waals surface area contributed by atoms with Gasteiger partial charge < -0.3 is 20.5 Å². The van der Waals surface area contributed by atoms with Crippen LogP contribution in [0.15, 0.2) is 24.3 Å². The number of aliphatic hydroxyl groups excluding tert-OH is 1. The van der Waals surface area contributed by atoms with Crippen molar-refractivity contribution in [2.45, 2.75) is 39.2 Å². The number of hydrogen-bond acceptors (Lipinski definition) is 3. The average molecular weight is 306 g/mol. The minimum Gasteiger partial charge on any atom is -0.491 e. The predicted molar refractivity (Wildman–Crippen MR) is 85.8 cm³/mol. The largest absolute Gasteiger partial charge is 0.491 e. The van der Waals surface area contributed by atoms with Gasteiger partial charge in [0, 0.05) is 18.7 Å². The maximum atomic E-state index is 11.9. The van der Waals surface area contributed by atoms with E-state index in [4.69, 9.17) is 9.84 Å². The SMILES string of the molecule is CC1(CNC(=O)NCc2ccccc2OCCO)CCCC1. The molecule has 1 aliphatic rings. The first-order valence-electron chi connectivity index (χ1n) is 7.96. The number of nitrogens with one attached hydrogen (secondary N) is 2. The lowest BCUT2D eigenvalue weighted by Crippen LogP contribution is -2.40. The molecular formula is C17H26N2O3. The highest BCUT2D eigenvalue weighted by atomic mass is 16.5. The van der Waals surface area contributed by atoms with Crippen LogP contribution in [0.3, 0.4) is 0 Å². The molecule has 0 spiro atoms. The van der Waals surface area contributed by atoms with Gasteiger partial charge in [-0.25, -0.2) is 4.79 Å². The number of hydrogen-bond donors (Lipinski definition) is 3. The number of carbonyl (C=O) groups excluding carboxylic acids is 1. The Balaban J connectivity index is 1.78. The van der Waals surface area contributed by atoms with Gasteiger partial charge in [0.25, 0.3) is 0 Å². The molecule has 1 aliphatic carbocycles. The van der Waals surface area contributed by atoms with Crippen LogP contribution in [0.2, 0.25) is 0 Å². The lowest BCUT2D eigenvalue weighted by atomic mass is 9.89. The molecule has 1 aromatic carbocycles. The molecule has 5 nitrogen and oxygen atoms in total. The number of carbonyl (C=O) groups is 1. The van der Waals surface area contributed by atoms with Crippen LogP contribution >= 0.6 is 0 Å². The van der Waals surface area contributed by atoms with Crippen molar-refractivity contribution in [1.29, 1.82) is 0 Å². The summed E-state index contributed by atoms with van der Waals surface area (Å²) in [5.74, 6) is 0.694. The van der Waals surface area contributed by atoms with E-state index in [1.807, 2.05) is 24.3 Å². The van der Waals surface area contributed by atoms with Crippen molar-refractivity contribution in [3.05, 3.63) is 29.8 Å². The van der Waals surface area contributed by atoms with E-state index in [2.05, 4.69) is 17.6 Å². The highest BCUT2D eigenvalue weighted by molar-refractivity contribution is 5.73. The third-order valence-corrected chi connectivity index (χ3v) is 4.25. The van der Waals surface area contributed by atoms with E-state index in [-0.39, 0.29) is 24.7 Å². The van der Waals surface area contributed by atoms with E-state index in [1.54, 1.807) is 0 Å². The average Bonchev–Trinajstić information content (AvgIpc) is 2.97. The van der Waals surface area contributed by atoms with Crippen LogP contribution in [0, 0.1) is 5.41 Å². The molecule has 0 aromatic heterocycles. The van der Waals surface area contributed by atoms with Crippen molar-refractivity contribution in [3.63, 3.8) is 0 Å². The predicted octanol–water partition coefficient (Wildman–Crippen LogP) is 2.44. The second-order valence-corrected chi connectivity index (χ2v) is 6.23. The quantitative estimate of drug-likeness (QED) is 0.724. The molecule has 2 rings (SSSR count). The third-order valence-electron chi connectivity index (χ3n) is 4.25. The van der Waals surface area contributed by atoms with Crippen molar-refractivity contribution in [3.8, 4) is 5.75 Å². The van der Waals surface area contributed by atoms with E-state index < -0.39 is 0 Å². The summed E-state index contributed by atoms with van der Waals surface area (Å²) in [6.45, 7) is 3.59. The van der Waals surface area contributed by atoms with Gasteiger partial charge in [-0.2, -0.15) is 0 Å². The molecule has 1 aromatic rings. The van der Waals surface area contributed by atoms with Crippen molar-refractivity contribution in [2.75, 3.05) is 19.8 Å². The molecule has 0 heterocycles. The molecule has 0 bridgehead atoms. The molecule has 0 radical (unpaired) electrons. The van der Waals surface area contributed by atoms with Gasteiger partial charge >= 0.3 is 6.03 Å². The number of ether oxygens (including phenoxy) is 1. The zero-order valence-corrected chi connectivity index (χ0v) is 13.2. The van der Waals surface area contributed by atoms with Gasteiger partial charge in [-0.3, -0.25) is 0 Å². The first-order chi connectivity index (χ1) is 10.6. The second-order valence-electron chi connectivity index (χ2n) is 6.23. The summed E-state index contributed by atoms with van der Waals surface area (Å²) in [5.41, 5.74) is 1.15. The minimum absolute atomic E-state index is 0.0270. The summed E-state index contributed by atoms with van der Waals surface area (Å²) < 4.78 is 5.45. The van der Waals surface area contributed by atoms with Gasteiger partial charge in [-0.05, 0) is 24.3 Å². The van der Waals surface area contributed by atoms with Gasteiger partial charge in [0.05, 0.1) is 6.61 Å². The fraction of sp³-hybridized carbons (Fsp3) is 0.588. The maximum absolute atomic E-state index is 11.9. The first kappa shape index (κ1) is 16.6. The van der Waals surface area contributed by atoms with Crippen LogP contribution in [0.25, 0.3) is 0 Å². The summed E-state index contributed by atoms with van der Waals surface area (Å²) in [6, 6.07) is 7.37. The molecule has 0 aliphatic heterocycles. The van der Waals surface area contributed by atoms with Crippen LogP contribution in [0.4, 0.5) is 4.79 Å². The summed E-state index contributed by atoms with van der Waals surface area (Å²) in [7, 11) is 0. The number of aliphatic hydroxyl groups is 1. The first-order valence-corrected chi connectivity index (χ1v) is 7.96. The van der Waals surface area contributed by atoms with Crippen molar-refractivity contribution in [2.24, 2.45) is 5.41 Å². The minimum atomic E-state index is -0.148. The number of benzene rings is 1. The molecular weight excluding hydrogens is 280 g/mol. The summed E-state index contributed by atoms with van der Waals surface area (Å²) in [5, 5.41) is 14.7.